The minimum atomic E-state index is -0.728. The van der Waals surface area contributed by atoms with Crippen molar-refractivity contribution in [3.63, 3.8) is 0 Å². The summed E-state index contributed by atoms with van der Waals surface area (Å²) in [5.41, 5.74) is 1.63. The van der Waals surface area contributed by atoms with Crippen molar-refractivity contribution < 1.29 is 13.6 Å². The number of hydrogen-bond acceptors (Lipinski definition) is 7. The summed E-state index contributed by atoms with van der Waals surface area (Å²) < 4.78 is 26.5. The molecule has 4 aromatic rings. The largest absolute Gasteiger partial charge is 0.342 e. The molecule has 35 heavy (non-hydrogen) atoms. The fourth-order valence-corrected chi connectivity index (χ4v) is 3.14. The maximum absolute atomic E-state index is 13.3. The van der Waals surface area contributed by atoms with Gasteiger partial charge in [-0.15, -0.1) is 0 Å². The van der Waals surface area contributed by atoms with Gasteiger partial charge in [-0.25, -0.2) is 8.78 Å². The summed E-state index contributed by atoms with van der Waals surface area (Å²) in [6.45, 7) is 1.64. The van der Waals surface area contributed by atoms with Gasteiger partial charge in [0.05, 0.1) is 0 Å². The maximum Gasteiger partial charge on any atom is 0.246 e. The van der Waals surface area contributed by atoms with Gasteiger partial charge >= 0.3 is 0 Å². The van der Waals surface area contributed by atoms with E-state index in [1.54, 1.807) is 31.2 Å². The quantitative estimate of drug-likeness (QED) is 0.247. The van der Waals surface area contributed by atoms with Gasteiger partial charge in [0.1, 0.15) is 17.7 Å². The number of nitrogens with one attached hydrogen (secondary N) is 4. The molecule has 3 aromatic carbocycles. The van der Waals surface area contributed by atoms with Gasteiger partial charge in [-0.05, 0) is 73.7 Å². The molecule has 11 heteroatoms. The molecule has 0 radical (unpaired) electrons. The number of anilines is 6. The summed E-state index contributed by atoms with van der Waals surface area (Å²) in [5.74, 6) is -0.724. The molecule has 0 aliphatic heterocycles. The highest BCUT2D eigenvalue weighted by atomic mass is 35.5. The first-order valence-corrected chi connectivity index (χ1v) is 10.9. The zero-order chi connectivity index (χ0) is 24.8. The molecule has 0 saturated carbocycles. The van der Waals surface area contributed by atoms with Crippen LogP contribution in [0.15, 0.2) is 72.8 Å². The Balaban J connectivity index is 1.55. The third kappa shape index (κ3) is 6.84. The third-order valence-electron chi connectivity index (χ3n) is 4.67. The summed E-state index contributed by atoms with van der Waals surface area (Å²) >= 11 is 5.97. The lowest BCUT2D eigenvalue weighted by molar-refractivity contribution is -0.116. The number of hydrogen-bond donors (Lipinski definition) is 4. The molecule has 0 fully saturated rings. The second-order valence-corrected chi connectivity index (χ2v) is 7.87. The smallest absolute Gasteiger partial charge is 0.246 e. The van der Waals surface area contributed by atoms with Crippen LogP contribution in [0.25, 0.3) is 0 Å². The first kappa shape index (κ1) is 23.8. The van der Waals surface area contributed by atoms with Crippen LogP contribution in [0.1, 0.15) is 6.92 Å². The fraction of sp³-hybridized carbons (Fsp3) is 0.0833. The molecule has 1 heterocycles. The van der Waals surface area contributed by atoms with E-state index in [-0.39, 0.29) is 35.4 Å². The van der Waals surface area contributed by atoms with E-state index in [0.717, 1.165) is 0 Å². The molecule has 1 atom stereocenters. The number of amides is 1. The molecule has 1 unspecified atom stereocenters. The highest BCUT2D eigenvalue weighted by molar-refractivity contribution is 6.30. The lowest BCUT2D eigenvalue weighted by atomic mass is 10.2. The molecule has 0 bridgehead atoms. The minimum Gasteiger partial charge on any atom is -0.342 e. The van der Waals surface area contributed by atoms with Crippen LogP contribution < -0.4 is 21.3 Å². The highest BCUT2D eigenvalue weighted by Crippen LogP contribution is 2.20. The summed E-state index contributed by atoms with van der Waals surface area (Å²) in [4.78, 5) is 25.6. The zero-order valence-corrected chi connectivity index (χ0v) is 19.1. The van der Waals surface area contributed by atoms with Crippen LogP contribution in [0, 0.1) is 11.6 Å². The normalized spacial score (nSPS) is 11.4. The van der Waals surface area contributed by atoms with Gasteiger partial charge in [0.2, 0.25) is 23.8 Å². The molecule has 4 rings (SSSR count). The van der Waals surface area contributed by atoms with Crippen molar-refractivity contribution in [2.24, 2.45) is 0 Å². The first-order chi connectivity index (χ1) is 16.8. The van der Waals surface area contributed by atoms with E-state index in [4.69, 9.17) is 11.6 Å². The van der Waals surface area contributed by atoms with Crippen molar-refractivity contribution in [1.82, 2.24) is 15.0 Å². The molecule has 1 amide bonds. The van der Waals surface area contributed by atoms with E-state index >= 15 is 0 Å². The van der Waals surface area contributed by atoms with Crippen LogP contribution in [-0.2, 0) is 4.79 Å². The number of aromatic nitrogens is 3. The summed E-state index contributed by atoms with van der Waals surface area (Å²) in [6, 6.07) is 17.3. The molecule has 4 N–H and O–H groups in total. The monoisotopic (exact) mass is 495 g/mol. The average molecular weight is 496 g/mol. The molecule has 0 aliphatic rings. The summed E-state index contributed by atoms with van der Waals surface area (Å²) in [6.07, 6.45) is 0. The standard InChI is InChI=1S/C24H20ClF2N7O/c1-14(21(35)29-20-4-2-3-15(25)13-20)28-22-32-23(30-18-9-5-16(26)6-10-18)34-24(33-22)31-19-11-7-17(27)8-12-19/h2-14H,1H3,(H,29,35)(H3,28,30,31,32,33,34). The topological polar surface area (TPSA) is 104 Å². The highest BCUT2D eigenvalue weighted by Gasteiger charge is 2.16. The number of carbonyl (C=O) groups is 1. The lowest BCUT2D eigenvalue weighted by Crippen LogP contribution is -2.32. The molecular formula is C24H20ClF2N7O. The van der Waals surface area contributed by atoms with Crippen molar-refractivity contribution in [3.8, 4) is 0 Å². The van der Waals surface area contributed by atoms with Gasteiger partial charge in [0.25, 0.3) is 0 Å². The molecule has 8 nitrogen and oxygen atoms in total. The predicted octanol–water partition coefficient (Wildman–Crippen LogP) is 5.73. The van der Waals surface area contributed by atoms with Gasteiger partial charge < -0.3 is 21.3 Å². The van der Waals surface area contributed by atoms with Crippen molar-refractivity contribution >= 4 is 52.4 Å². The van der Waals surface area contributed by atoms with Crippen LogP contribution in [0.3, 0.4) is 0 Å². The predicted molar refractivity (Wildman–Crippen MR) is 132 cm³/mol. The maximum atomic E-state index is 13.3. The molecule has 0 aliphatic carbocycles. The van der Waals surface area contributed by atoms with E-state index < -0.39 is 6.04 Å². The van der Waals surface area contributed by atoms with Crippen LogP contribution in [0.5, 0.6) is 0 Å². The Hall–Kier alpha value is -4.31. The Morgan fingerprint density at radius 1 is 0.771 bits per heavy atom. The Morgan fingerprint density at radius 2 is 1.29 bits per heavy atom. The summed E-state index contributed by atoms with van der Waals surface area (Å²) in [7, 11) is 0. The van der Waals surface area contributed by atoms with Gasteiger partial charge in [-0.1, -0.05) is 17.7 Å². The number of halogens is 3. The van der Waals surface area contributed by atoms with Crippen molar-refractivity contribution in [2.45, 2.75) is 13.0 Å². The van der Waals surface area contributed by atoms with Crippen molar-refractivity contribution in [3.05, 3.63) is 89.5 Å². The molecule has 0 saturated heterocycles. The minimum absolute atomic E-state index is 0.1000. The van der Waals surface area contributed by atoms with Gasteiger partial charge in [0.15, 0.2) is 0 Å². The van der Waals surface area contributed by atoms with Gasteiger partial charge in [-0.2, -0.15) is 15.0 Å². The lowest BCUT2D eigenvalue weighted by Gasteiger charge is -2.16. The third-order valence-corrected chi connectivity index (χ3v) is 4.90. The SMILES string of the molecule is CC(Nc1nc(Nc2ccc(F)cc2)nc(Nc2ccc(F)cc2)n1)C(=O)Nc1cccc(Cl)c1. The fourth-order valence-electron chi connectivity index (χ4n) is 2.95. The zero-order valence-electron chi connectivity index (χ0n) is 18.4. The Morgan fingerprint density at radius 3 is 1.80 bits per heavy atom. The second-order valence-electron chi connectivity index (χ2n) is 7.44. The van der Waals surface area contributed by atoms with Crippen LogP contribution in [-0.4, -0.2) is 26.9 Å². The second kappa shape index (κ2) is 10.7. The van der Waals surface area contributed by atoms with E-state index in [1.165, 1.54) is 48.5 Å². The summed E-state index contributed by atoms with van der Waals surface area (Å²) in [5, 5.41) is 12.1. The average Bonchev–Trinajstić information content (AvgIpc) is 2.82. The first-order valence-electron chi connectivity index (χ1n) is 10.5. The van der Waals surface area contributed by atoms with E-state index in [0.29, 0.717) is 22.1 Å². The molecule has 0 spiro atoms. The number of carbonyl (C=O) groups excluding carboxylic acids is 1. The van der Waals surface area contributed by atoms with Gasteiger partial charge in [0, 0.05) is 22.1 Å². The van der Waals surface area contributed by atoms with Crippen molar-refractivity contribution in [1.29, 1.82) is 0 Å². The number of nitrogens with zero attached hydrogens (tertiary/aromatic N) is 3. The van der Waals surface area contributed by atoms with Crippen LogP contribution >= 0.6 is 11.6 Å². The Kier molecular flexibility index (Phi) is 7.32. The van der Waals surface area contributed by atoms with E-state index in [9.17, 15) is 13.6 Å². The Bertz CT molecular complexity index is 1250. The molecule has 178 valence electrons. The Labute approximate surface area is 204 Å². The number of rotatable bonds is 8. The molecular weight excluding hydrogens is 476 g/mol. The van der Waals surface area contributed by atoms with Gasteiger partial charge in [-0.3, -0.25) is 4.79 Å². The van der Waals surface area contributed by atoms with E-state index in [2.05, 4.69) is 36.2 Å². The van der Waals surface area contributed by atoms with Crippen LogP contribution in [0.2, 0.25) is 5.02 Å². The van der Waals surface area contributed by atoms with Crippen LogP contribution in [0.4, 0.5) is 43.7 Å². The number of benzene rings is 3. The van der Waals surface area contributed by atoms with Crippen molar-refractivity contribution in [2.75, 3.05) is 21.3 Å². The van der Waals surface area contributed by atoms with E-state index in [1.807, 2.05) is 0 Å². The molecule has 1 aromatic heterocycles.